The third-order valence-electron chi connectivity index (χ3n) is 3.83. The van der Waals surface area contributed by atoms with Gasteiger partial charge in [0.15, 0.2) is 0 Å². The highest BCUT2D eigenvalue weighted by atomic mass is 35.5. The quantitative estimate of drug-likeness (QED) is 0.410. The van der Waals surface area contributed by atoms with Gasteiger partial charge in [0.05, 0.1) is 4.91 Å². The summed E-state index contributed by atoms with van der Waals surface area (Å²) in [5.74, 6) is 1.26. The molecule has 27 heavy (non-hydrogen) atoms. The van der Waals surface area contributed by atoms with Crippen molar-refractivity contribution >= 4 is 51.9 Å². The van der Waals surface area contributed by atoms with Crippen molar-refractivity contribution < 1.29 is 14.3 Å². The van der Waals surface area contributed by atoms with Crippen molar-refractivity contribution in [1.82, 2.24) is 5.32 Å². The second-order valence-corrected chi connectivity index (χ2v) is 8.13. The smallest absolute Gasteiger partial charge is 0.263 e. The van der Waals surface area contributed by atoms with Crippen molar-refractivity contribution in [3.05, 3.63) is 63.0 Å². The summed E-state index contributed by atoms with van der Waals surface area (Å²) in [4.78, 5) is 12.5. The normalized spacial score (nSPS) is 15.1. The monoisotopic (exact) mass is 419 g/mol. The number of rotatable bonds is 6. The number of ether oxygens (including phenoxy) is 2. The van der Waals surface area contributed by atoms with Crippen LogP contribution in [0.25, 0.3) is 6.08 Å². The van der Waals surface area contributed by atoms with Crippen LogP contribution in [0.5, 0.6) is 11.5 Å². The van der Waals surface area contributed by atoms with Crippen LogP contribution in [0.15, 0.2) is 41.3 Å². The predicted molar refractivity (Wildman–Crippen MR) is 115 cm³/mol. The van der Waals surface area contributed by atoms with E-state index in [0.29, 0.717) is 33.2 Å². The third-order valence-corrected chi connectivity index (χ3v) is 5.42. The molecule has 1 amide bonds. The van der Waals surface area contributed by atoms with E-state index in [9.17, 15) is 4.79 Å². The fourth-order valence-corrected chi connectivity index (χ4v) is 3.65. The SMILES string of the molecule is Cc1ccc(OCCOc2ccc(Cl)c(C)c2)c(/C=C2\SC(=S)NC2=O)c1. The minimum absolute atomic E-state index is 0.182. The molecule has 1 N–H and O–H groups in total. The van der Waals surface area contributed by atoms with Gasteiger partial charge in [-0.15, -0.1) is 0 Å². The van der Waals surface area contributed by atoms with Gasteiger partial charge in [0.25, 0.3) is 5.91 Å². The predicted octanol–water partition coefficient (Wildman–Crippen LogP) is 4.90. The van der Waals surface area contributed by atoms with Gasteiger partial charge in [-0.3, -0.25) is 4.79 Å². The number of benzene rings is 2. The molecule has 2 aromatic carbocycles. The second-order valence-electron chi connectivity index (χ2n) is 6.00. The summed E-state index contributed by atoms with van der Waals surface area (Å²) in [6, 6.07) is 11.4. The van der Waals surface area contributed by atoms with Crippen molar-refractivity contribution in [2.75, 3.05) is 13.2 Å². The van der Waals surface area contributed by atoms with Gasteiger partial charge in [-0.05, 0) is 55.8 Å². The average Bonchev–Trinajstić information content (AvgIpc) is 2.93. The Morgan fingerprint density at radius 3 is 2.63 bits per heavy atom. The average molecular weight is 420 g/mol. The first-order chi connectivity index (χ1) is 12.9. The lowest BCUT2D eigenvalue weighted by Crippen LogP contribution is -2.17. The molecule has 1 aliphatic rings. The van der Waals surface area contributed by atoms with E-state index in [0.717, 1.165) is 22.4 Å². The lowest BCUT2D eigenvalue weighted by molar-refractivity contribution is -0.115. The maximum Gasteiger partial charge on any atom is 0.263 e. The zero-order valence-electron chi connectivity index (χ0n) is 14.9. The van der Waals surface area contributed by atoms with Crippen LogP contribution in [0.2, 0.25) is 5.02 Å². The lowest BCUT2D eigenvalue weighted by atomic mass is 10.1. The number of hydrogen-bond donors (Lipinski definition) is 1. The van der Waals surface area contributed by atoms with E-state index in [1.807, 2.05) is 50.2 Å². The molecule has 0 aromatic heterocycles. The van der Waals surface area contributed by atoms with Gasteiger partial charge in [0.1, 0.15) is 29.0 Å². The van der Waals surface area contributed by atoms with Gasteiger partial charge >= 0.3 is 0 Å². The first-order valence-electron chi connectivity index (χ1n) is 8.29. The molecule has 2 aromatic rings. The number of aryl methyl sites for hydroxylation is 2. The Morgan fingerprint density at radius 1 is 1.15 bits per heavy atom. The van der Waals surface area contributed by atoms with E-state index in [1.165, 1.54) is 11.8 Å². The first-order valence-corrected chi connectivity index (χ1v) is 9.90. The minimum atomic E-state index is -0.182. The van der Waals surface area contributed by atoms with E-state index in [1.54, 1.807) is 6.08 Å². The summed E-state index contributed by atoms with van der Waals surface area (Å²) in [6.07, 6.45) is 1.80. The van der Waals surface area contributed by atoms with E-state index >= 15 is 0 Å². The Bertz CT molecular complexity index is 927. The van der Waals surface area contributed by atoms with Crippen LogP contribution in [0.3, 0.4) is 0 Å². The summed E-state index contributed by atoms with van der Waals surface area (Å²) in [6.45, 7) is 4.69. The molecule has 0 spiro atoms. The van der Waals surface area contributed by atoms with Crippen molar-refractivity contribution in [2.24, 2.45) is 0 Å². The Hall–Kier alpha value is -2.02. The fourth-order valence-electron chi connectivity index (χ4n) is 2.49. The minimum Gasteiger partial charge on any atom is -0.490 e. The van der Waals surface area contributed by atoms with Crippen LogP contribution in [0, 0.1) is 13.8 Å². The summed E-state index contributed by atoms with van der Waals surface area (Å²) >= 11 is 12.3. The maximum atomic E-state index is 11.9. The first kappa shape index (κ1) is 19.7. The van der Waals surface area contributed by atoms with Crippen LogP contribution >= 0.6 is 35.6 Å². The zero-order chi connectivity index (χ0) is 19.4. The molecule has 1 heterocycles. The molecule has 1 saturated heterocycles. The molecule has 4 nitrogen and oxygen atoms in total. The van der Waals surface area contributed by atoms with Crippen LogP contribution in [0.1, 0.15) is 16.7 Å². The lowest BCUT2D eigenvalue weighted by Gasteiger charge is -2.12. The van der Waals surface area contributed by atoms with Crippen molar-refractivity contribution in [2.45, 2.75) is 13.8 Å². The van der Waals surface area contributed by atoms with Crippen LogP contribution in [-0.2, 0) is 4.79 Å². The molecule has 1 fully saturated rings. The number of hydrogen-bond acceptors (Lipinski definition) is 5. The van der Waals surface area contributed by atoms with E-state index in [2.05, 4.69) is 5.32 Å². The number of carbonyl (C=O) groups is 1. The van der Waals surface area contributed by atoms with Crippen LogP contribution in [-0.4, -0.2) is 23.4 Å². The molecule has 1 aliphatic heterocycles. The van der Waals surface area contributed by atoms with E-state index in [-0.39, 0.29) is 5.91 Å². The van der Waals surface area contributed by atoms with E-state index < -0.39 is 0 Å². The van der Waals surface area contributed by atoms with Crippen LogP contribution in [0.4, 0.5) is 0 Å². The zero-order valence-corrected chi connectivity index (χ0v) is 17.3. The largest absolute Gasteiger partial charge is 0.490 e. The van der Waals surface area contributed by atoms with E-state index in [4.69, 9.17) is 33.3 Å². The highest BCUT2D eigenvalue weighted by Gasteiger charge is 2.22. The Morgan fingerprint density at radius 2 is 1.93 bits per heavy atom. The van der Waals surface area contributed by atoms with Gasteiger partial charge in [0.2, 0.25) is 0 Å². The third kappa shape index (κ3) is 5.25. The van der Waals surface area contributed by atoms with Crippen molar-refractivity contribution in [3.63, 3.8) is 0 Å². The van der Waals surface area contributed by atoms with Gasteiger partial charge in [-0.2, -0.15) is 0 Å². The highest BCUT2D eigenvalue weighted by molar-refractivity contribution is 8.26. The highest BCUT2D eigenvalue weighted by Crippen LogP contribution is 2.30. The van der Waals surface area contributed by atoms with Gasteiger partial charge < -0.3 is 14.8 Å². The molecule has 0 atom stereocenters. The molecule has 0 aliphatic carbocycles. The number of thiocarbonyl (C=S) groups is 1. The number of carbonyl (C=O) groups excluding carboxylic acids is 1. The Balaban J connectivity index is 1.65. The molecular formula is C20H18ClNO3S2. The molecule has 0 saturated carbocycles. The molecule has 7 heteroatoms. The fraction of sp³-hybridized carbons (Fsp3) is 0.200. The topological polar surface area (TPSA) is 47.6 Å². The van der Waals surface area contributed by atoms with Crippen LogP contribution < -0.4 is 14.8 Å². The summed E-state index contributed by atoms with van der Waals surface area (Å²) in [7, 11) is 0. The molecule has 0 unspecified atom stereocenters. The maximum absolute atomic E-state index is 11.9. The summed E-state index contributed by atoms with van der Waals surface area (Å²) < 4.78 is 12.0. The van der Waals surface area contributed by atoms with Crippen molar-refractivity contribution in [3.8, 4) is 11.5 Å². The molecule has 140 valence electrons. The number of amides is 1. The molecule has 0 radical (unpaired) electrons. The number of thioether (sulfide) groups is 1. The van der Waals surface area contributed by atoms with Gasteiger partial charge in [-0.1, -0.05) is 47.2 Å². The van der Waals surface area contributed by atoms with Gasteiger partial charge in [-0.25, -0.2) is 0 Å². The Labute approximate surface area is 172 Å². The molecular weight excluding hydrogens is 402 g/mol. The Kier molecular flexibility index (Phi) is 6.42. The number of nitrogens with one attached hydrogen (secondary N) is 1. The van der Waals surface area contributed by atoms with Gasteiger partial charge in [0, 0.05) is 10.6 Å². The molecule has 3 rings (SSSR count). The number of halogens is 1. The molecule has 0 bridgehead atoms. The standard InChI is InChI=1S/C20H18ClNO3S2/c1-12-3-6-17(14(9-12)11-18-19(23)22-20(26)27-18)25-8-7-24-15-4-5-16(21)13(2)10-15/h3-6,9-11H,7-8H2,1-2H3,(H,22,23,26)/b18-11-. The summed E-state index contributed by atoms with van der Waals surface area (Å²) in [5.41, 5.74) is 2.88. The summed E-state index contributed by atoms with van der Waals surface area (Å²) in [5, 5.41) is 3.33. The second kappa shape index (κ2) is 8.78. The van der Waals surface area contributed by atoms with Crippen molar-refractivity contribution in [1.29, 1.82) is 0 Å².